The number of ether oxygens (including phenoxy) is 2. The summed E-state index contributed by atoms with van der Waals surface area (Å²) in [5.74, 6) is -0.168. The Morgan fingerprint density at radius 1 is 1.11 bits per heavy atom. The van der Waals surface area contributed by atoms with E-state index in [1.54, 1.807) is 24.4 Å². The summed E-state index contributed by atoms with van der Waals surface area (Å²) < 4.78 is 40.2. The maximum Gasteiger partial charge on any atom is 0.293 e. The Hall–Kier alpha value is -4.73. The van der Waals surface area contributed by atoms with Crippen LogP contribution in [0, 0.1) is 16.0 Å². The van der Waals surface area contributed by atoms with Gasteiger partial charge in [0.25, 0.3) is 21.6 Å². The lowest BCUT2D eigenvalue weighted by molar-refractivity contribution is -0.384. The average molecular weight is 636 g/mol. The smallest absolute Gasteiger partial charge is 0.293 e. The van der Waals surface area contributed by atoms with E-state index in [0.717, 1.165) is 56.2 Å². The number of hydrogen-bond donors (Lipinski definition) is 4. The first-order chi connectivity index (χ1) is 21.8. The lowest BCUT2D eigenvalue weighted by Gasteiger charge is -2.30. The van der Waals surface area contributed by atoms with E-state index >= 15 is 0 Å². The molecule has 4 heterocycles. The lowest BCUT2D eigenvalue weighted by Crippen LogP contribution is -2.43. The van der Waals surface area contributed by atoms with Gasteiger partial charge in [0.05, 0.1) is 21.6 Å². The van der Waals surface area contributed by atoms with Crippen LogP contribution in [0.1, 0.15) is 23.2 Å². The molecule has 45 heavy (non-hydrogen) atoms. The summed E-state index contributed by atoms with van der Waals surface area (Å²) in [6.07, 6.45) is 4.91. The summed E-state index contributed by atoms with van der Waals surface area (Å²) in [7, 11) is -4.50. The fourth-order valence-corrected chi connectivity index (χ4v) is 6.41. The summed E-state index contributed by atoms with van der Waals surface area (Å²) in [5.41, 5.74) is 1.23. The molecule has 1 amide bonds. The maximum absolute atomic E-state index is 13.5. The molecule has 0 saturated carbocycles. The quantitative estimate of drug-likeness (QED) is 0.148. The number of carbonyl (C=O) groups is 1. The molecule has 2 saturated heterocycles. The van der Waals surface area contributed by atoms with Crippen molar-refractivity contribution >= 4 is 44.0 Å². The molecular formula is C30H33N7O7S. The van der Waals surface area contributed by atoms with Crippen molar-refractivity contribution in [1.29, 1.82) is 0 Å². The van der Waals surface area contributed by atoms with Crippen molar-refractivity contribution in [2.24, 2.45) is 5.92 Å². The number of amides is 1. The predicted octanol–water partition coefficient (Wildman–Crippen LogP) is 3.63. The minimum absolute atomic E-state index is 0.0316. The van der Waals surface area contributed by atoms with Crippen LogP contribution in [-0.2, 0) is 14.8 Å². The highest BCUT2D eigenvalue weighted by molar-refractivity contribution is 7.90. The largest absolute Gasteiger partial charge is 0.455 e. The van der Waals surface area contributed by atoms with Gasteiger partial charge in [-0.2, -0.15) is 0 Å². The number of aromatic nitrogens is 2. The minimum atomic E-state index is -4.50. The van der Waals surface area contributed by atoms with Gasteiger partial charge >= 0.3 is 0 Å². The normalized spacial score (nSPS) is 16.0. The number of fused-ring (bicyclic) bond motifs is 1. The van der Waals surface area contributed by atoms with Gasteiger partial charge in [0.1, 0.15) is 22.8 Å². The van der Waals surface area contributed by atoms with Gasteiger partial charge < -0.3 is 30.0 Å². The molecule has 2 aliphatic heterocycles. The number of nitrogens with one attached hydrogen (secondary N) is 4. The zero-order valence-corrected chi connectivity index (χ0v) is 25.1. The van der Waals surface area contributed by atoms with Crippen LogP contribution in [0.15, 0.2) is 65.8 Å². The third-order valence-electron chi connectivity index (χ3n) is 7.92. The average Bonchev–Trinajstić information content (AvgIpc) is 3.52. The van der Waals surface area contributed by atoms with Crippen molar-refractivity contribution < 1.29 is 27.6 Å². The number of carbonyl (C=O) groups excluding carboxylic acids is 1. The van der Waals surface area contributed by atoms with Crippen molar-refractivity contribution in [3.63, 3.8) is 0 Å². The number of H-pyrrole nitrogens is 1. The number of nitrogens with zero attached hydrogens (tertiary/aromatic N) is 3. The van der Waals surface area contributed by atoms with E-state index < -0.39 is 31.4 Å². The minimum Gasteiger partial charge on any atom is -0.455 e. The molecule has 0 aliphatic carbocycles. The number of rotatable bonds is 10. The number of pyridine rings is 1. The molecule has 2 aliphatic rings. The standard InChI is InChI=1S/C30H33N7O7S/c38-30(35-45(41,42)24-2-4-26(27(17-24)37(39)40)33-18-20-6-13-43-14-7-20)25-3-1-22(36-11-9-31-10-12-36)16-28(25)44-23-15-21-5-8-32-29(21)34-19-23/h1-5,8,15-17,19-20,31,33H,6-7,9-14,18H2,(H,32,34)(H,35,38). The van der Waals surface area contributed by atoms with Crippen molar-refractivity contribution in [1.82, 2.24) is 20.0 Å². The van der Waals surface area contributed by atoms with Gasteiger partial charge in [-0.1, -0.05) is 0 Å². The van der Waals surface area contributed by atoms with Crippen LogP contribution in [-0.4, -0.2) is 75.2 Å². The molecule has 2 aromatic heterocycles. The number of nitro benzene ring substituents is 1. The van der Waals surface area contributed by atoms with Crippen LogP contribution in [0.3, 0.4) is 0 Å². The Labute approximate surface area is 259 Å². The van der Waals surface area contributed by atoms with Gasteiger partial charge in [-0.3, -0.25) is 14.9 Å². The Kier molecular flexibility index (Phi) is 8.82. The number of nitro groups is 1. The second-order valence-corrected chi connectivity index (χ2v) is 12.6. The monoisotopic (exact) mass is 635 g/mol. The molecule has 236 valence electrons. The van der Waals surface area contributed by atoms with Crippen LogP contribution in [0.4, 0.5) is 17.1 Å². The van der Waals surface area contributed by atoms with Gasteiger partial charge in [0.2, 0.25) is 0 Å². The van der Waals surface area contributed by atoms with Gasteiger partial charge in [-0.25, -0.2) is 18.1 Å². The fourth-order valence-electron chi connectivity index (χ4n) is 5.43. The van der Waals surface area contributed by atoms with Gasteiger partial charge in [0, 0.05) is 75.3 Å². The van der Waals surface area contributed by atoms with Crippen molar-refractivity contribution in [2.45, 2.75) is 17.7 Å². The SMILES string of the molecule is O=C(NS(=O)(=O)c1ccc(NCC2CCOCC2)c([N+](=O)[O-])c1)c1ccc(N2CCNCC2)cc1Oc1cnc2[nH]ccc2c1. The number of hydrogen-bond acceptors (Lipinski definition) is 11. The maximum atomic E-state index is 13.5. The van der Waals surface area contributed by atoms with E-state index in [-0.39, 0.29) is 22.9 Å². The van der Waals surface area contributed by atoms with Crippen molar-refractivity contribution in [3.05, 3.63) is 76.6 Å². The fraction of sp³-hybridized carbons (Fsp3) is 0.333. The van der Waals surface area contributed by atoms with Crippen molar-refractivity contribution in [2.75, 3.05) is 56.2 Å². The molecular weight excluding hydrogens is 602 g/mol. The van der Waals surface area contributed by atoms with E-state index in [4.69, 9.17) is 9.47 Å². The van der Waals surface area contributed by atoms with Crippen LogP contribution in [0.25, 0.3) is 11.0 Å². The summed E-state index contributed by atoms with van der Waals surface area (Å²) >= 11 is 0. The highest BCUT2D eigenvalue weighted by atomic mass is 32.2. The first-order valence-electron chi connectivity index (χ1n) is 14.6. The number of sulfonamides is 1. The number of aromatic amines is 1. The number of benzene rings is 2. The molecule has 0 spiro atoms. The van der Waals surface area contributed by atoms with Crippen LogP contribution in [0.5, 0.6) is 11.5 Å². The van der Waals surface area contributed by atoms with Gasteiger partial charge in [-0.15, -0.1) is 0 Å². The number of anilines is 2. The zero-order valence-electron chi connectivity index (χ0n) is 24.3. The van der Waals surface area contributed by atoms with E-state index in [1.807, 2.05) is 6.07 Å². The van der Waals surface area contributed by atoms with Crippen molar-refractivity contribution in [3.8, 4) is 11.5 Å². The van der Waals surface area contributed by atoms with E-state index in [1.165, 1.54) is 24.4 Å². The molecule has 15 heteroatoms. The molecule has 2 fully saturated rings. The summed E-state index contributed by atoms with van der Waals surface area (Å²) in [4.78, 5) is 33.8. The number of piperazine rings is 1. The first kappa shape index (κ1) is 30.3. The molecule has 4 N–H and O–H groups in total. The molecule has 14 nitrogen and oxygen atoms in total. The zero-order chi connectivity index (χ0) is 31.4. The van der Waals surface area contributed by atoms with Crippen LogP contribution in [0.2, 0.25) is 0 Å². The second kappa shape index (κ2) is 13.1. The highest BCUT2D eigenvalue weighted by Gasteiger charge is 2.26. The molecule has 0 radical (unpaired) electrons. The van der Waals surface area contributed by atoms with E-state index in [0.29, 0.717) is 31.2 Å². The summed E-state index contributed by atoms with van der Waals surface area (Å²) in [6, 6.07) is 12.0. The van der Waals surface area contributed by atoms with Gasteiger partial charge in [0.15, 0.2) is 0 Å². The molecule has 6 rings (SSSR count). The molecule has 0 atom stereocenters. The Balaban J connectivity index is 1.25. The third kappa shape index (κ3) is 7.00. The van der Waals surface area contributed by atoms with Gasteiger partial charge in [-0.05, 0) is 55.2 Å². The highest BCUT2D eigenvalue weighted by Crippen LogP contribution is 2.33. The summed E-state index contributed by atoms with van der Waals surface area (Å²) in [6.45, 7) is 4.84. The van der Waals surface area contributed by atoms with Crippen LogP contribution < -0.4 is 25.0 Å². The lowest BCUT2D eigenvalue weighted by atomic mass is 10.0. The second-order valence-electron chi connectivity index (χ2n) is 10.9. The molecule has 2 aromatic carbocycles. The molecule has 4 aromatic rings. The Bertz CT molecular complexity index is 1820. The Morgan fingerprint density at radius 2 is 1.91 bits per heavy atom. The third-order valence-corrected chi connectivity index (χ3v) is 9.25. The molecule has 0 bridgehead atoms. The van der Waals surface area contributed by atoms with E-state index in [2.05, 4.69) is 30.2 Å². The summed E-state index contributed by atoms with van der Waals surface area (Å²) in [5, 5.41) is 19.0. The Morgan fingerprint density at radius 3 is 2.69 bits per heavy atom. The first-order valence-corrected chi connectivity index (χ1v) is 16.1. The predicted molar refractivity (Wildman–Crippen MR) is 167 cm³/mol. The van der Waals surface area contributed by atoms with E-state index in [9.17, 15) is 23.3 Å². The molecule has 0 unspecified atom stereocenters. The van der Waals surface area contributed by atoms with Crippen LogP contribution >= 0.6 is 0 Å². The topological polar surface area (TPSA) is 181 Å².